The van der Waals surface area contributed by atoms with Gasteiger partial charge in [-0.05, 0) is 31.9 Å². The van der Waals surface area contributed by atoms with Crippen LogP contribution in [0.4, 0.5) is 0 Å². The van der Waals surface area contributed by atoms with E-state index in [4.69, 9.17) is 14.5 Å². The topological polar surface area (TPSA) is 46.1 Å². The number of ether oxygens (including phenoxy) is 2. The number of aliphatic imine (C=N–C) groups is 1. The minimum absolute atomic E-state index is 0.614. The van der Waals surface area contributed by atoms with Crippen molar-refractivity contribution in [3.05, 3.63) is 29.8 Å². The van der Waals surface area contributed by atoms with Crippen LogP contribution in [-0.4, -0.2) is 57.4 Å². The molecule has 0 saturated carbocycles. The highest BCUT2D eigenvalue weighted by molar-refractivity contribution is 5.80. The van der Waals surface area contributed by atoms with E-state index in [1.165, 1.54) is 12.0 Å². The molecule has 0 aromatic heterocycles. The smallest absolute Gasteiger partial charge is 0.193 e. The molecule has 1 aliphatic heterocycles. The summed E-state index contributed by atoms with van der Waals surface area (Å²) in [5.41, 5.74) is 1.18. The Kier molecular flexibility index (Phi) is 7.89. The molecule has 2 rings (SSSR count). The van der Waals surface area contributed by atoms with Crippen molar-refractivity contribution < 1.29 is 9.47 Å². The van der Waals surface area contributed by atoms with Crippen LogP contribution in [-0.2, 0) is 4.74 Å². The molecule has 24 heavy (non-hydrogen) atoms. The Labute approximate surface area is 146 Å². The van der Waals surface area contributed by atoms with E-state index in [0.29, 0.717) is 12.5 Å². The summed E-state index contributed by atoms with van der Waals surface area (Å²) >= 11 is 0. The minimum Gasteiger partial charge on any atom is -0.493 e. The van der Waals surface area contributed by atoms with Crippen molar-refractivity contribution in [2.75, 3.05) is 46.5 Å². The average Bonchev–Trinajstić information content (AvgIpc) is 3.04. The Morgan fingerprint density at radius 2 is 2.21 bits per heavy atom. The van der Waals surface area contributed by atoms with E-state index in [2.05, 4.69) is 30.1 Å². The molecule has 5 heteroatoms. The minimum atomic E-state index is 0.614. The fourth-order valence-corrected chi connectivity index (χ4v) is 2.97. The summed E-state index contributed by atoms with van der Waals surface area (Å²) < 4.78 is 11.1. The van der Waals surface area contributed by atoms with Gasteiger partial charge >= 0.3 is 0 Å². The molecule has 1 N–H and O–H groups in total. The number of methoxy groups -OCH3 is 1. The average molecular weight is 333 g/mol. The molecule has 0 aliphatic carbocycles. The van der Waals surface area contributed by atoms with Crippen molar-refractivity contribution in [1.29, 1.82) is 0 Å². The second-order valence-corrected chi connectivity index (χ2v) is 6.26. The molecule has 1 fully saturated rings. The highest BCUT2D eigenvalue weighted by Crippen LogP contribution is 2.17. The molecule has 1 aromatic carbocycles. The summed E-state index contributed by atoms with van der Waals surface area (Å²) in [6.07, 6.45) is 2.09. The van der Waals surface area contributed by atoms with Gasteiger partial charge in [-0.25, -0.2) is 0 Å². The van der Waals surface area contributed by atoms with Crippen molar-refractivity contribution in [2.24, 2.45) is 10.9 Å². The van der Waals surface area contributed by atoms with Crippen molar-refractivity contribution in [1.82, 2.24) is 10.2 Å². The maximum absolute atomic E-state index is 5.83. The molecular weight excluding hydrogens is 302 g/mol. The molecule has 1 aliphatic rings. The molecule has 0 spiro atoms. The number of hydrogen-bond donors (Lipinski definition) is 1. The molecule has 0 radical (unpaired) electrons. The number of nitrogens with one attached hydrogen (secondary N) is 1. The van der Waals surface area contributed by atoms with Gasteiger partial charge in [0.15, 0.2) is 5.96 Å². The van der Waals surface area contributed by atoms with Crippen molar-refractivity contribution in [3.8, 4) is 5.75 Å². The van der Waals surface area contributed by atoms with E-state index in [1.54, 1.807) is 7.11 Å². The molecule has 1 heterocycles. The first-order chi connectivity index (χ1) is 11.7. The van der Waals surface area contributed by atoms with Crippen LogP contribution in [0.3, 0.4) is 0 Å². The van der Waals surface area contributed by atoms with Crippen LogP contribution in [0.5, 0.6) is 5.75 Å². The van der Waals surface area contributed by atoms with E-state index in [-0.39, 0.29) is 0 Å². The maximum atomic E-state index is 5.83. The quantitative estimate of drug-likeness (QED) is 0.451. The van der Waals surface area contributed by atoms with Gasteiger partial charge in [0.05, 0.1) is 13.2 Å². The van der Waals surface area contributed by atoms with E-state index in [9.17, 15) is 0 Å². The second kappa shape index (κ2) is 10.2. The van der Waals surface area contributed by atoms with Gasteiger partial charge < -0.3 is 19.7 Å². The van der Waals surface area contributed by atoms with Crippen LogP contribution in [0.25, 0.3) is 0 Å². The number of nitrogens with zero attached hydrogens (tertiary/aromatic N) is 2. The summed E-state index contributed by atoms with van der Waals surface area (Å²) in [6, 6.07) is 8.12. The lowest BCUT2D eigenvalue weighted by molar-refractivity contribution is 0.157. The molecule has 1 unspecified atom stereocenters. The fourth-order valence-electron chi connectivity index (χ4n) is 2.97. The van der Waals surface area contributed by atoms with Gasteiger partial charge in [0, 0.05) is 45.6 Å². The van der Waals surface area contributed by atoms with Crippen LogP contribution in [0.15, 0.2) is 29.3 Å². The van der Waals surface area contributed by atoms with Crippen LogP contribution in [0.2, 0.25) is 0 Å². The Balaban J connectivity index is 1.76. The maximum Gasteiger partial charge on any atom is 0.193 e. The van der Waals surface area contributed by atoms with Crippen LogP contribution < -0.4 is 10.1 Å². The van der Waals surface area contributed by atoms with Crippen LogP contribution in [0, 0.1) is 12.8 Å². The molecule has 1 atom stereocenters. The fraction of sp³-hybridized carbons (Fsp3) is 0.632. The summed E-state index contributed by atoms with van der Waals surface area (Å²) in [5.74, 6) is 2.60. The first-order valence-electron chi connectivity index (χ1n) is 8.95. The zero-order valence-electron chi connectivity index (χ0n) is 15.3. The van der Waals surface area contributed by atoms with E-state index in [0.717, 1.165) is 50.9 Å². The van der Waals surface area contributed by atoms with E-state index >= 15 is 0 Å². The van der Waals surface area contributed by atoms with Crippen molar-refractivity contribution in [2.45, 2.75) is 26.7 Å². The van der Waals surface area contributed by atoms with Crippen molar-refractivity contribution in [3.63, 3.8) is 0 Å². The molecular formula is C19H31N3O2. The van der Waals surface area contributed by atoms with Gasteiger partial charge in [0.2, 0.25) is 0 Å². The predicted molar refractivity (Wildman–Crippen MR) is 98.8 cm³/mol. The molecule has 134 valence electrons. The lowest BCUT2D eigenvalue weighted by Crippen LogP contribution is -2.40. The largest absolute Gasteiger partial charge is 0.493 e. The number of benzene rings is 1. The normalized spacial score (nSPS) is 18.0. The molecule has 5 nitrogen and oxygen atoms in total. The number of hydrogen-bond acceptors (Lipinski definition) is 3. The number of likely N-dealkylation sites (tertiary alicyclic amines) is 1. The number of para-hydroxylation sites is 1. The number of aryl methyl sites for hydroxylation is 1. The molecule has 1 aromatic rings. The zero-order valence-corrected chi connectivity index (χ0v) is 15.3. The first kappa shape index (κ1) is 18.6. The third kappa shape index (κ3) is 5.71. The van der Waals surface area contributed by atoms with Crippen LogP contribution in [0.1, 0.15) is 25.3 Å². The number of guanidine groups is 1. The summed E-state index contributed by atoms with van der Waals surface area (Å²) in [5, 5.41) is 3.40. The summed E-state index contributed by atoms with van der Waals surface area (Å²) in [4.78, 5) is 7.10. The first-order valence-corrected chi connectivity index (χ1v) is 8.95. The lowest BCUT2D eigenvalue weighted by atomic mass is 10.1. The lowest BCUT2D eigenvalue weighted by Gasteiger charge is -2.21. The van der Waals surface area contributed by atoms with E-state index < -0.39 is 0 Å². The van der Waals surface area contributed by atoms with E-state index in [1.807, 2.05) is 18.2 Å². The number of rotatable bonds is 8. The van der Waals surface area contributed by atoms with Gasteiger partial charge in [-0.15, -0.1) is 0 Å². The Morgan fingerprint density at radius 1 is 1.38 bits per heavy atom. The molecule has 0 bridgehead atoms. The van der Waals surface area contributed by atoms with Gasteiger partial charge in [-0.2, -0.15) is 0 Å². The molecule has 1 saturated heterocycles. The van der Waals surface area contributed by atoms with Gasteiger partial charge in [-0.1, -0.05) is 18.2 Å². The SMILES string of the molecule is CCNC(=NCCCOc1ccccc1C)N1CCC(COC)C1. The third-order valence-corrected chi connectivity index (χ3v) is 4.24. The van der Waals surface area contributed by atoms with Crippen molar-refractivity contribution >= 4 is 5.96 Å². The third-order valence-electron chi connectivity index (χ3n) is 4.24. The Hall–Kier alpha value is -1.75. The standard InChI is InChI=1S/C19H31N3O2/c1-4-20-19(22-12-10-17(14-22)15-23-3)21-11-7-13-24-18-9-6-5-8-16(18)2/h5-6,8-9,17H,4,7,10-15H2,1-3H3,(H,20,21). The molecule has 0 amide bonds. The van der Waals surface area contributed by atoms with Crippen LogP contribution >= 0.6 is 0 Å². The monoisotopic (exact) mass is 333 g/mol. The van der Waals surface area contributed by atoms with Gasteiger partial charge in [0.1, 0.15) is 5.75 Å². The zero-order chi connectivity index (χ0) is 17.2. The highest BCUT2D eigenvalue weighted by atomic mass is 16.5. The van der Waals surface area contributed by atoms with Gasteiger partial charge in [0.25, 0.3) is 0 Å². The highest BCUT2D eigenvalue weighted by Gasteiger charge is 2.24. The van der Waals surface area contributed by atoms with Gasteiger partial charge in [-0.3, -0.25) is 4.99 Å². The predicted octanol–water partition coefficient (Wildman–Crippen LogP) is 2.70. The second-order valence-electron chi connectivity index (χ2n) is 6.26. The Bertz CT molecular complexity index is 519. The summed E-state index contributed by atoms with van der Waals surface area (Å²) in [6.45, 7) is 9.46. The Morgan fingerprint density at radius 3 is 2.96 bits per heavy atom. The summed E-state index contributed by atoms with van der Waals surface area (Å²) in [7, 11) is 1.77.